The number of amides is 2. The Bertz CT molecular complexity index is 969. The summed E-state index contributed by atoms with van der Waals surface area (Å²) in [7, 11) is 0. The van der Waals surface area contributed by atoms with Gasteiger partial charge in [0.25, 0.3) is 11.8 Å². The summed E-state index contributed by atoms with van der Waals surface area (Å²) in [5, 5.41) is 6.24. The molecule has 0 aliphatic heterocycles. The van der Waals surface area contributed by atoms with Crippen LogP contribution in [0.5, 0.6) is 0 Å². The first-order chi connectivity index (χ1) is 12.4. The summed E-state index contributed by atoms with van der Waals surface area (Å²) in [4.78, 5) is 24.3. The summed E-state index contributed by atoms with van der Waals surface area (Å²) in [5.41, 5.74) is 2.40. The lowest BCUT2D eigenvalue weighted by atomic mass is 10.1. The molecule has 7 heteroatoms. The van der Waals surface area contributed by atoms with Crippen LogP contribution < -0.4 is 10.6 Å². The third-order valence-electron chi connectivity index (χ3n) is 3.66. The predicted molar refractivity (Wildman–Crippen MR) is 102 cm³/mol. The molecule has 0 aliphatic rings. The molecule has 1 heterocycles. The Hall–Kier alpha value is -2.76. The second-order valence-corrected chi connectivity index (χ2v) is 6.36. The lowest BCUT2D eigenvalue weighted by Crippen LogP contribution is -2.14. The molecule has 2 aromatic carbocycles. The van der Waals surface area contributed by atoms with Gasteiger partial charge in [-0.2, -0.15) is 0 Å². The minimum Gasteiger partial charge on any atom is -0.459 e. The van der Waals surface area contributed by atoms with E-state index in [1.165, 1.54) is 12.3 Å². The number of nitrogens with one attached hydrogen (secondary N) is 2. The third-order valence-corrected chi connectivity index (χ3v) is 4.40. The second kappa shape index (κ2) is 7.64. The van der Waals surface area contributed by atoms with Crippen LogP contribution in [-0.2, 0) is 0 Å². The normalized spacial score (nSPS) is 10.4. The van der Waals surface area contributed by atoms with Gasteiger partial charge in [-0.3, -0.25) is 9.59 Å². The Kier molecular flexibility index (Phi) is 5.30. The number of halogens is 2. The zero-order chi connectivity index (χ0) is 18.7. The molecule has 132 valence electrons. The average Bonchev–Trinajstić information content (AvgIpc) is 3.14. The maximum atomic E-state index is 12.3. The molecule has 0 atom stereocenters. The number of anilines is 2. The lowest BCUT2D eigenvalue weighted by molar-refractivity contribution is 0.0994. The molecular weight excluding hydrogens is 375 g/mol. The summed E-state index contributed by atoms with van der Waals surface area (Å²) in [6.45, 7) is 1.83. The summed E-state index contributed by atoms with van der Waals surface area (Å²) in [6.07, 6.45) is 1.43. The fraction of sp³-hybridized carbons (Fsp3) is 0.0526. The number of hydrogen-bond acceptors (Lipinski definition) is 3. The maximum Gasteiger partial charge on any atom is 0.291 e. The molecule has 0 bridgehead atoms. The van der Waals surface area contributed by atoms with Crippen LogP contribution in [-0.4, -0.2) is 11.8 Å². The van der Waals surface area contributed by atoms with E-state index in [-0.39, 0.29) is 17.6 Å². The first-order valence-electron chi connectivity index (χ1n) is 7.66. The van der Waals surface area contributed by atoms with E-state index in [0.29, 0.717) is 27.0 Å². The highest BCUT2D eigenvalue weighted by Crippen LogP contribution is 2.24. The fourth-order valence-electron chi connectivity index (χ4n) is 2.31. The zero-order valence-corrected chi connectivity index (χ0v) is 15.2. The maximum absolute atomic E-state index is 12.3. The van der Waals surface area contributed by atoms with Crippen LogP contribution >= 0.6 is 23.2 Å². The molecular formula is C19H14Cl2N2O3. The number of carbonyl (C=O) groups excluding carboxylic acids is 2. The standard InChI is InChI=1S/C19H14Cl2N2O3/c1-11-9-13(22-18(24)12-4-6-14(20)15(21)10-12)5-7-16(11)23-19(25)17-3-2-8-26-17/h2-10H,1H3,(H,22,24)(H,23,25). The van der Waals surface area contributed by atoms with E-state index in [1.807, 2.05) is 6.92 Å². The molecule has 0 spiro atoms. The molecule has 2 N–H and O–H groups in total. The van der Waals surface area contributed by atoms with Crippen molar-refractivity contribution in [3.8, 4) is 0 Å². The van der Waals surface area contributed by atoms with Crippen molar-refractivity contribution in [1.82, 2.24) is 0 Å². The minimum atomic E-state index is -0.342. The van der Waals surface area contributed by atoms with Gasteiger partial charge in [-0.25, -0.2) is 0 Å². The van der Waals surface area contributed by atoms with Crippen LogP contribution in [0.15, 0.2) is 59.2 Å². The monoisotopic (exact) mass is 388 g/mol. The van der Waals surface area contributed by atoms with Crippen molar-refractivity contribution in [3.05, 3.63) is 81.7 Å². The summed E-state index contributed by atoms with van der Waals surface area (Å²) >= 11 is 11.8. The van der Waals surface area contributed by atoms with Gasteiger partial charge in [0.1, 0.15) is 0 Å². The topological polar surface area (TPSA) is 71.3 Å². The van der Waals surface area contributed by atoms with Crippen molar-refractivity contribution in [2.45, 2.75) is 6.92 Å². The van der Waals surface area contributed by atoms with Gasteiger partial charge < -0.3 is 15.1 Å². The van der Waals surface area contributed by atoms with E-state index in [2.05, 4.69) is 10.6 Å². The van der Waals surface area contributed by atoms with Crippen molar-refractivity contribution in [2.75, 3.05) is 10.6 Å². The van der Waals surface area contributed by atoms with E-state index < -0.39 is 0 Å². The van der Waals surface area contributed by atoms with Gasteiger partial charge in [-0.15, -0.1) is 0 Å². The van der Waals surface area contributed by atoms with Crippen LogP contribution in [0.4, 0.5) is 11.4 Å². The highest BCUT2D eigenvalue weighted by Gasteiger charge is 2.12. The highest BCUT2D eigenvalue weighted by atomic mass is 35.5. The van der Waals surface area contributed by atoms with Crippen molar-refractivity contribution in [1.29, 1.82) is 0 Å². The zero-order valence-electron chi connectivity index (χ0n) is 13.7. The Morgan fingerprint density at radius 3 is 2.38 bits per heavy atom. The fourth-order valence-corrected chi connectivity index (χ4v) is 2.61. The summed E-state index contributed by atoms with van der Waals surface area (Å²) < 4.78 is 5.06. The number of rotatable bonds is 4. The van der Waals surface area contributed by atoms with Crippen LogP contribution in [0.3, 0.4) is 0 Å². The van der Waals surface area contributed by atoms with Crippen molar-refractivity contribution >= 4 is 46.4 Å². The molecule has 0 saturated heterocycles. The molecule has 26 heavy (non-hydrogen) atoms. The number of aryl methyl sites for hydroxylation is 1. The average molecular weight is 389 g/mol. The van der Waals surface area contributed by atoms with Crippen molar-refractivity contribution in [3.63, 3.8) is 0 Å². The van der Waals surface area contributed by atoms with Crippen molar-refractivity contribution in [2.24, 2.45) is 0 Å². The summed E-state index contributed by atoms with van der Waals surface area (Å²) in [5.74, 6) is -0.428. The van der Waals surface area contributed by atoms with Gasteiger partial charge in [0.15, 0.2) is 5.76 Å². The third kappa shape index (κ3) is 4.07. The Morgan fingerprint density at radius 1 is 0.923 bits per heavy atom. The van der Waals surface area contributed by atoms with E-state index in [4.69, 9.17) is 27.6 Å². The molecule has 3 rings (SSSR count). The Balaban J connectivity index is 1.71. The van der Waals surface area contributed by atoms with E-state index in [0.717, 1.165) is 5.56 Å². The molecule has 2 amide bonds. The highest BCUT2D eigenvalue weighted by molar-refractivity contribution is 6.42. The lowest BCUT2D eigenvalue weighted by Gasteiger charge is -2.11. The molecule has 0 radical (unpaired) electrons. The molecule has 0 aliphatic carbocycles. The molecule has 5 nitrogen and oxygen atoms in total. The van der Waals surface area contributed by atoms with Crippen LogP contribution in [0, 0.1) is 6.92 Å². The van der Waals surface area contributed by atoms with Gasteiger partial charge in [-0.05, 0) is 61.0 Å². The molecule has 1 aromatic heterocycles. The summed E-state index contributed by atoms with van der Waals surface area (Å²) in [6, 6.07) is 13.0. The van der Waals surface area contributed by atoms with Crippen LogP contribution in [0.2, 0.25) is 10.0 Å². The van der Waals surface area contributed by atoms with E-state index in [1.54, 1.807) is 42.5 Å². The molecule has 0 unspecified atom stereocenters. The SMILES string of the molecule is Cc1cc(NC(=O)c2ccc(Cl)c(Cl)c2)ccc1NC(=O)c1ccco1. The van der Waals surface area contributed by atoms with Crippen LogP contribution in [0.25, 0.3) is 0 Å². The largest absolute Gasteiger partial charge is 0.459 e. The van der Waals surface area contributed by atoms with E-state index in [9.17, 15) is 9.59 Å². The van der Waals surface area contributed by atoms with Gasteiger partial charge >= 0.3 is 0 Å². The number of furan rings is 1. The molecule has 3 aromatic rings. The Morgan fingerprint density at radius 2 is 1.73 bits per heavy atom. The van der Waals surface area contributed by atoms with Crippen molar-refractivity contribution < 1.29 is 14.0 Å². The van der Waals surface area contributed by atoms with Gasteiger partial charge in [0.2, 0.25) is 0 Å². The second-order valence-electron chi connectivity index (χ2n) is 5.54. The van der Waals surface area contributed by atoms with Gasteiger partial charge in [0.05, 0.1) is 16.3 Å². The first-order valence-corrected chi connectivity index (χ1v) is 8.41. The smallest absolute Gasteiger partial charge is 0.291 e. The first kappa shape index (κ1) is 18.0. The predicted octanol–water partition coefficient (Wildman–Crippen LogP) is 5.40. The van der Waals surface area contributed by atoms with Gasteiger partial charge in [-0.1, -0.05) is 23.2 Å². The quantitative estimate of drug-likeness (QED) is 0.628. The number of benzene rings is 2. The van der Waals surface area contributed by atoms with E-state index >= 15 is 0 Å². The molecule has 0 saturated carbocycles. The number of hydrogen-bond donors (Lipinski definition) is 2. The molecule has 0 fully saturated rings. The Labute approximate surface area is 159 Å². The number of carbonyl (C=O) groups is 2. The van der Waals surface area contributed by atoms with Crippen LogP contribution in [0.1, 0.15) is 26.5 Å². The van der Waals surface area contributed by atoms with Gasteiger partial charge in [0, 0.05) is 16.9 Å². The minimum absolute atomic E-state index is 0.224.